The fraction of sp³-hybridized carbons (Fsp3) is 0.444. The third-order valence-corrected chi connectivity index (χ3v) is 3.09. The third-order valence-electron chi connectivity index (χ3n) is 2.16. The number of hydrogen-bond acceptors (Lipinski definition) is 5. The lowest BCUT2D eigenvalue weighted by Crippen LogP contribution is -2.04. The first kappa shape index (κ1) is 10.3. The molecule has 2 aromatic rings. The number of hydrogen-bond donors (Lipinski definition) is 1. The highest BCUT2D eigenvalue weighted by atomic mass is 32.1. The first-order valence-corrected chi connectivity index (χ1v) is 5.70. The highest BCUT2D eigenvalue weighted by Crippen LogP contribution is 2.17. The number of nitrogens with zero attached hydrogens (tertiary/aromatic N) is 4. The molecular weight excluding hydrogens is 210 g/mol. The van der Waals surface area contributed by atoms with Crippen LogP contribution in [0.25, 0.3) is 5.13 Å². The minimum Gasteiger partial charge on any atom is -0.325 e. The second-order valence-corrected chi connectivity index (χ2v) is 4.06. The molecule has 0 bridgehead atoms. The van der Waals surface area contributed by atoms with Crippen molar-refractivity contribution in [3.05, 3.63) is 22.5 Å². The van der Waals surface area contributed by atoms with Gasteiger partial charge in [0.25, 0.3) is 0 Å². The summed E-state index contributed by atoms with van der Waals surface area (Å²) in [7, 11) is 0. The van der Waals surface area contributed by atoms with Gasteiger partial charge in [0, 0.05) is 11.9 Å². The summed E-state index contributed by atoms with van der Waals surface area (Å²) in [5.41, 5.74) is 8.49. The molecule has 0 aliphatic carbocycles. The summed E-state index contributed by atoms with van der Waals surface area (Å²) < 4.78 is 1.78. The van der Waals surface area contributed by atoms with Crippen molar-refractivity contribution in [3.63, 3.8) is 0 Å². The molecule has 0 saturated carbocycles. The Morgan fingerprint density at radius 3 is 2.87 bits per heavy atom. The Morgan fingerprint density at radius 1 is 1.53 bits per heavy atom. The highest BCUT2D eigenvalue weighted by Gasteiger charge is 2.13. The summed E-state index contributed by atoms with van der Waals surface area (Å²) in [6, 6.07) is 0. The van der Waals surface area contributed by atoms with Crippen LogP contribution < -0.4 is 5.73 Å². The minimum atomic E-state index is 0.424. The van der Waals surface area contributed by atoms with Gasteiger partial charge >= 0.3 is 0 Å². The number of nitrogens with two attached hydrogens (primary N) is 1. The van der Waals surface area contributed by atoms with Crippen molar-refractivity contribution >= 4 is 11.3 Å². The smallest absolute Gasteiger partial charge is 0.212 e. The van der Waals surface area contributed by atoms with Crippen molar-refractivity contribution in [1.82, 2.24) is 20.0 Å². The largest absolute Gasteiger partial charge is 0.325 e. The van der Waals surface area contributed by atoms with Crippen molar-refractivity contribution in [2.75, 3.05) is 0 Å². The molecule has 0 aliphatic heterocycles. The zero-order chi connectivity index (χ0) is 10.8. The van der Waals surface area contributed by atoms with Crippen LogP contribution in [0.4, 0.5) is 0 Å². The Hall–Kier alpha value is -1.27. The van der Waals surface area contributed by atoms with Crippen LogP contribution in [-0.4, -0.2) is 20.0 Å². The first-order chi connectivity index (χ1) is 7.26. The Kier molecular flexibility index (Phi) is 2.79. The van der Waals surface area contributed by atoms with Gasteiger partial charge in [0.2, 0.25) is 5.13 Å². The predicted octanol–water partition coefficient (Wildman–Crippen LogP) is 1.05. The molecule has 0 amide bonds. The fourth-order valence-electron chi connectivity index (χ4n) is 1.44. The van der Waals surface area contributed by atoms with Crippen molar-refractivity contribution < 1.29 is 0 Å². The molecule has 2 rings (SSSR count). The Morgan fingerprint density at radius 2 is 2.33 bits per heavy atom. The van der Waals surface area contributed by atoms with Gasteiger partial charge in [-0.05, 0) is 13.3 Å². The van der Waals surface area contributed by atoms with Gasteiger partial charge < -0.3 is 5.73 Å². The summed E-state index contributed by atoms with van der Waals surface area (Å²) in [4.78, 5) is 4.38. The van der Waals surface area contributed by atoms with E-state index in [0.29, 0.717) is 6.54 Å². The Balaban J connectivity index is 2.48. The number of thiazole rings is 1. The predicted molar refractivity (Wildman–Crippen MR) is 59.0 cm³/mol. The fourth-order valence-corrected chi connectivity index (χ4v) is 2.21. The lowest BCUT2D eigenvalue weighted by Gasteiger charge is -2.00. The van der Waals surface area contributed by atoms with E-state index in [2.05, 4.69) is 22.2 Å². The van der Waals surface area contributed by atoms with Crippen molar-refractivity contribution in [2.24, 2.45) is 5.73 Å². The lowest BCUT2D eigenvalue weighted by atomic mass is 10.2. The molecule has 5 nitrogen and oxygen atoms in total. The molecule has 80 valence electrons. The quantitative estimate of drug-likeness (QED) is 0.844. The van der Waals surface area contributed by atoms with Gasteiger partial charge in [0.1, 0.15) is 0 Å². The van der Waals surface area contributed by atoms with Crippen LogP contribution in [0.5, 0.6) is 0 Å². The summed E-state index contributed by atoms with van der Waals surface area (Å²) in [5.74, 6) is 0. The number of aromatic nitrogens is 4. The Bertz CT molecular complexity index is 459. The maximum absolute atomic E-state index is 5.59. The van der Waals surface area contributed by atoms with Crippen LogP contribution in [0.3, 0.4) is 0 Å². The number of aryl methyl sites for hydroxylation is 1. The first-order valence-electron chi connectivity index (χ1n) is 4.82. The van der Waals surface area contributed by atoms with E-state index in [0.717, 1.165) is 28.6 Å². The molecule has 0 aliphatic rings. The van der Waals surface area contributed by atoms with Gasteiger partial charge in [-0.25, -0.2) is 4.98 Å². The summed E-state index contributed by atoms with van der Waals surface area (Å²) in [5, 5.41) is 11.0. The standard InChI is InChI=1S/C9H13N5S/c1-3-8-7(4-10)12-13-14(8)9-11-6(2)5-15-9/h5H,3-4,10H2,1-2H3. The van der Waals surface area contributed by atoms with Crippen LogP contribution in [0, 0.1) is 6.92 Å². The highest BCUT2D eigenvalue weighted by molar-refractivity contribution is 7.12. The van der Waals surface area contributed by atoms with Gasteiger partial charge in [-0.2, -0.15) is 4.68 Å². The topological polar surface area (TPSA) is 69.6 Å². The van der Waals surface area contributed by atoms with Crippen LogP contribution >= 0.6 is 11.3 Å². The van der Waals surface area contributed by atoms with Gasteiger partial charge in [-0.3, -0.25) is 0 Å². The number of rotatable bonds is 3. The lowest BCUT2D eigenvalue weighted by molar-refractivity contribution is 0.759. The van der Waals surface area contributed by atoms with Gasteiger partial charge in [-0.1, -0.05) is 12.1 Å². The van der Waals surface area contributed by atoms with E-state index in [9.17, 15) is 0 Å². The molecule has 2 N–H and O–H groups in total. The van der Waals surface area contributed by atoms with E-state index in [1.165, 1.54) is 0 Å². The maximum Gasteiger partial charge on any atom is 0.212 e. The molecule has 0 atom stereocenters. The third kappa shape index (κ3) is 1.78. The molecular formula is C9H13N5S. The van der Waals surface area contributed by atoms with E-state index >= 15 is 0 Å². The SMILES string of the molecule is CCc1c(CN)nnn1-c1nc(C)cs1. The summed E-state index contributed by atoms with van der Waals surface area (Å²) in [6.07, 6.45) is 0.859. The molecule has 0 radical (unpaired) electrons. The average molecular weight is 223 g/mol. The van der Waals surface area contributed by atoms with Gasteiger partial charge in [0.15, 0.2) is 0 Å². The summed E-state index contributed by atoms with van der Waals surface area (Å²) in [6.45, 7) is 4.45. The van der Waals surface area contributed by atoms with Crippen molar-refractivity contribution in [3.8, 4) is 5.13 Å². The average Bonchev–Trinajstić information content (AvgIpc) is 2.82. The molecule has 0 spiro atoms. The second-order valence-electron chi connectivity index (χ2n) is 3.22. The molecule has 6 heteroatoms. The van der Waals surface area contributed by atoms with Crippen LogP contribution in [0.15, 0.2) is 5.38 Å². The van der Waals surface area contributed by atoms with E-state index in [1.54, 1.807) is 16.0 Å². The molecule has 0 fully saturated rings. The second kappa shape index (κ2) is 4.08. The zero-order valence-electron chi connectivity index (χ0n) is 8.77. The van der Waals surface area contributed by atoms with Crippen LogP contribution in [0.1, 0.15) is 24.0 Å². The molecule has 2 aromatic heterocycles. The zero-order valence-corrected chi connectivity index (χ0v) is 9.58. The molecule has 15 heavy (non-hydrogen) atoms. The van der Waals surface area contributed by atoms with Gasteiger partial charge in [-0.15, -0.1) is 16.4 Å². The minimum absolute atomic E-state index is 0.424. The summed E-state index contributed by atoms with van der Waals surface area (Å²) >= 11 is 1.56. The molecule has 2 heterocycles. The van der Waals surface area contributed by atoms with E-state index in [1.807, 2.05) is 12.3 Å². The molecule has 0 saturated heterocycles. The van der Waals surface area contributed by atoms with E-state index < -0.39 is 0 Å². The maximum atomic E-state index is 5.59. The van der Waals surface area contributed by atoms with E-state index in [-0.39, 0.29) is 0 Å². The Labute approximate surface area is 91.9 Å². The molecule has 0 unspecified atom stereocenters. The van der Waals surface area contributed by atoms with Crippen molar-refractivity contribution in [1.29, 1.82) is 0 Å². The van der Waals surface area contributed by atoms with Crippen molar-refractivity contribution in [2.45, 2.75) is 26.8 Å². The van der Waals surface area contributed by atoms with E-state index in [4.69, 9.17) is 5.73 Å². The van der Waals surface area contributed by atoms with Crippen LogP contribution in [0.2, 0.25) is 0 Å². The van der Waals surface area contributed by atoms with Gasteiger partial charge in [0.05, 0.1) is 17.1 Å². The van der Waals surface area contributed by atoms with Crippen LogP contribution in [-0.2, 0) is 13.0 Å². The normalized spacial score (nSPS) is 10.9. The molecule has 0 aromatic carbocycles. The monoisotopic (exact) mass is 223 g/mol.